The van der Waals surface area contributed by atoms with Crippen LogP contribution in [0.4, 0.5) is 10.1 Å². The van der Waals surface area contributed by atoms with E-state index in [1.807, 2.05) is 6.07 Å². The zero-order chi connectivity index (χ0) is 18.5. The number of carbonyl (C=O) groups is 1. The van der Waals surface area contributed by atoms with Crippen LogP contribution in [0.5, 0.6) is 0 Å². The minimum Gasteiger partial charge on any atom is -0.396 e. The molecule has 0 radical (unpaired) electrons. The minimum atomic E-state index is -0.665. The van der Waals surface area contributed by atoms with Crippen molar-refractivity contribution in [1.82, 2.24) is 4.98 Å². The molecule has 4 nitrogen and oxygen atoms in total. The van der Waals surface area contributed by atoms with Gasteiger partial charge in [-0.05, 0) is 42.3 Å². The van der Waals surface area contributed by atoms with Crippen molar-refractivity contribution >= 4 is 23.2 Å². The van der Waals surface area contributed by atoms with E-state index in [1.165, 1.54) is 12.1 Å². The van der Waals surface area contributed by atoms with Gasteiger partial charge in [-0.15, -0.1) is 0 Å². The van der Waals surface area contributed by atoms with E-state index in [2.05, 4.69) is 10.3 Å². The minimum absolute atomic E-state index is 0.0409. The number of aromatic nitrogens is 1. The molecule has 0 saturated carbocycles. The summed E-state index contributed by atoms with van der Waals surface area (Å²) < 4.78 is 14.5. The van der Waals surface area contributed by atoms with Gasteiger partial charge < -0.3 is 10.4 Å². The Labute approximate surface area is 155 Å². The Morgan fingerprint density at radius 3 is 2.69 bits per heavy atom. The van der Waals surface area contributed by atoms with E-state index in [4.69, 9.17) is 16.7 Å². The SMILES string of the molecule is O=C(Nc1ccccc1CCO)c1ccc(-c2ncccc2Cl)cc1F. The second kappa shape index (κ2) is 8.08. The Kier molecular flexibility index (Phi) is 5.61. The Hall–Kier alpha value is -2.76. The highest BCUT2D eigenvalue weighted by Gasteiger charge is 2.15. The molecule has 6 heteroatoms. The number of nitrogens with zero attached hydrogens (tertiary/aromatic N) is 1. The summed E-state index contributed by atoms with van der Waals surface area (Å²) in [5.74, 6) is -1.23. The number of carbonyl (C=O) groups excluding carboxylic acids is 1. The highest BCUT2D eigenvalue weighted by atomic mass is 35.5. The molecule has 2 aromatic carbocycles. The van der Waals surface area contributed by atoms with Gasteiger partial charge in [0.1, 0.15) is 5.82 Å². The Balaban J connectivity index is 1.86. The van der Waals surface area contributed by atoms with Crippen LogP contribution < -0.4 is 5.32 Å². The number of pyridine rings is 1. The van der Waals surface area contributed by atoms with Gasteiger partial charge in [0.2, 0.25) is 0 Å². The zero-order valence-corrected chi connectivity index (χ0v) is 14.5. The average molecular weight is 371 g/mol. The van der Waals surface area contributed by atoms with Crippen LogP contribution in [-0.4, -0.2) is 22.6 Å². The first-order valence-electron chi connectivity index (χ1n) is 8.00. The first-order valence-corrected chi connectivity index (χ1v) is 8.38. The molecule has 132 valence electrons. The summed E-state index contributed by atoms with van der Waals surface area (Å²) in [5.41, 5.74) is 2.18. The number of benzene rings is 2. The third kappa shape index (κ3) is 3.90. The smallest absolute Gasteiger partial charge is 0.258 e. The lowest BCUT2D eigenvalue weighted by Crippen LogP contribution is -2.15. The van der Waals surface area contributed by atoms with Crippen LogP contribution in [0.25, 0.3) is 11.3 Å². The molecule has 0 unspecified atom stereocenters. The maximum Gasteiger partial charge on any atom is 0.258 e. The standard InChI is InChI=1S/C20H16ClFN2O2/c21-16-5-3-10-23-19(16)14-7-8-15(17(22)12-14)20(26)24-18-6-2-1-4-13(18)9-11-25/h1-8,10,12,25H,9,11H2,(H,24,26). The van der Waals surface area contributed by atoms with Crippen molar-refractivity contribution in [2.24, 2.45) is 0 Å². The molecule has 0 atom stereocenters. The van der Waals surface area contributed by atoms with Crippen molar-refractivity contribution in [3.05, 3.63) is 82.8 Å². The van der Waals surface area contributed by atoms with Crippen molar-refractivity contribution in [2.45, 2.75) is 6.42 Å². The Bertz CT molecular complexity index is 947. The highest BCUT2D eigenvalue weighted by molar-refractivity contribution is 6.33. The number of anilines is 1. The van der Waals surface area contributed by atoms with Crippen LogP contribution in [0.2, 0.25) is 5.02 Å². The number of rotatable bonds is 5. The fourth-order valence-electron chi connectivity index (χ4n) is 2.62. The van der Waals surface area contributed by atoms with Gasteiger partial charge in [-0.2, -0.15) is 0 Å². The monoisotopic (exact) mass is 370 g/mol. The molecule has 0 bridgehead atoms. The molecule has 1 heterocycles. The number of hydrogen-bond acceptors (Lipinski definition) is 3. The quantitative estimate of drug-likeness (QED) is 0.702. The van der Waals surface area contributed by atoms with Crippen LogP contribution in [0, 0.1) is 5.82 Å². The van der Waals surface area contributed by atoms with E-state index in [1.54, 1.807) is 42.6 Å². The second-order valence-electron chi connectivity index (χ2n) is 5.61. The van der Waals surface area contributed by atoms with Crippen LogP contribution in [0.1, 0.15) is 15.9 Å². The van der Waals surface area contributed by atoms with Crippen molar-refractivity contribution in [2.75, 3.05) is 11.9 Å². The predicted octanol–water partition coefficient (Wildman–Crippen LogP) is 4.33. The molecule has 3 rings (SSSR count). The molecule has 26 heavy (non-hydrogen) atoms. The van der Waals surface area contributed by atoms with Gasteiger partial charge in [0, 0.05) is 24.1 Å². The molecule has 2 N–H and O–H groups in total. The zero-order valence-electron chi connectivity index (χ0n) is 13.7. The summed E-state index contributed by atoms with van der Waals surface area (Å²) in [4.78, 5) is 16.6. The molecular weight excluding hydrogens is 355 g/mol. The van der Waals surface area contributed by atoms with Crippen LogP contribution in [0.15, 0.2) is 60.8 Å². The Morgan fingerprint density at radius 1 is 1.15 bits per heavy atom. The third-order valence-corrected chi connectivity index (χ3v) is 4.20. The lowest BCUT2D eigenvalue weighted by atomic mass is 10.1. The first kappa shape index (κ1) is 18.0. The van der Waals surface area contributed by atoms with Gasteiger partial charge in [0.05, 0.1) is 16.3 Å². The van der Waals surface area contributed by atoms with E-state index in [-0.39, 0.29) is 12.2 Å². The van der Waals surface area contributed by atoms with Crippen molar-refractivity contribution < 1.29 is 14.3 Å². The van der Waals surface area contributed by atoms with E-state index < -0.39 is 11.7 Å². The van der Waals surface area contributed by atoms with E-state index in [9.17, 15) is 9.18 Å². The van der Waals surface area contributed by atoms with Gasteiger partial charge in [-0.25, -0.2) is 4.39 Å². The Morgan fingerprint density at radius 2 is 1.96 bits per heavy atom. The van der Waals surface area contributed by atoms with E-state index >= 15 is 0 Å². The molecule has 3 aromatic rings. The maximum absolute atomic E-state index is 14.5. The van der Waals surface area contributed by atoms with E-state index in [0.717, 1.165) is 5.56 Å². The van der Waals surface area contributed by atoms with Crippen molar-refractivity contribution in [1.29, 1.82) is 0 Å². The van der Waals surface area contributed by atoms with Crippen LogP contribution >= 0.6 is 11.6 Å². The van der Waals surface area contributed by atoms with Gasteiger partial charge >= 0.3 is 0 Å². The van der Waals surface area contributed by atoms with Gasteiger partial charge in [-0.1, -0.05) is 35.9 Å². The summed E-state index contributed by atoms with van der Waals surface area (Å²) in [7, 11) is 0. The predicted molar refractivity (Wildman–Crippen MR) is 99.8 cm³/mol. The van der Waals surface area contributed by atoms with E-state index in [0.29, 0.717) is 28.4 Å². The average Bonchev–Trinajstić information content (AvgIpc) is 2.64. The number of amides is 1. The van der Waals surface area contributed by atoms with Crippen LogP contribution in [0.3, 0.4) is 0 Å². The number of hydrogen-bond donors (Lipinski definition) is 2. The maximum atomic E-state index is 14.5. The number of nitrogens with one attached hydrogen (secondary N) is 1. The highest BCUT2D eigenvalue weighted by Crippen LogP contribution is 2.27. The summed E-state index contributed by atoms with van der Waals surface area (Å²) in [6, 6.07) is 14.7. The molecule has 0 saturated heterocycles. The summed E-state index contributed by atoms with van der Waals surface area (Å²) in [5, 5.41) is 12.2. The van der Waals surface area contributed by atoms with Gasteiger partial charge in [0.25, 0.3) is 5.91 Å². The largest absolute Gasteiger partial charge is 0.396 e. The molecule has 1 amide bonds. The lowest BCUT2D eigenvalue weighted by molar-refractivity contribution is 0.102. The first-order chi connectivity index (χ1) is 12.6. The number of aliphatic hydroxyl groups is 1. The second-order valence-corrected chi connectivity index (χ2v) is 6.02. The molecular formula is C20H16ClFN2O2. The summed E-state index contributed by atoms with van der Waals surface area (Å²) >= 11 is 6.08. The normalized spacial score (nSPS) is 10.6. The fourth-order valence-corrected chi connectivity index (χ4v) is 2.85. The summed E-state index contributed by atoms with van der Waals surface area (Å²) in [6.45, 7) is -0.0409. The lowest BCUT2D eigenvalue weighted by Gasteiger charge is -2.11. The molecule has 0 fully saturated rings. The van der Waals surface area contributed by atoms with Crippen molar-refractivity contribution in [3.8, 4) is 11.3 Å². The third-order valence-electron chi connectivity index (χ3n) is 3.89. The van der Waals surface area contributed by atoms with Crippen molar-refractivity contribution in [3.63, 3.8) is 0 Å². The summed E-state index contributed by atoms with van der Waals surface area (Å²) in [6.07, 6.45) is 1.97. The van der Waals surface area contributed by atoms with Crippen LogP contribution in [-0.2, 0) is 6.42 Å². The molecule has 0 aliphatic carbocycles. The van der Waals surface area contributed by atoms with Gasteiger partial charge in [0.15, 0.2) is 0 Å². The molecule has 1 aromatic heterocycles. The molecule has 0 aliphatic rings. The topological polar surface area (TPSA) is 62.2 Å². The number of halogens is 2. The number of para-hydroxylation sites is 1. The molecule has 0 aliphatic heterocycles. The molecule has 0 spiro atoms. The fraction of sp³-hybridized carbons (Fsp3) is 0.100. The number of aliphatic hydroxyl groups excluding tert-OH is 1. The van der Waals surface area contributed by atoms with Gasteiger partial charge in [-0.3, -0.25) is 9.78 Å².